The van der Waals surface area contributed by atoms with E-state index in [2.05, 4.69) is 18.3 Å². The molecule has 3 heteroatoms. The molecule has 0 bridgehead atoms. The highest BCUT2D eigenvalue weighted by molar-refractivity contribution is 5.37. The van der Waals surface area contributed by atoms with Crippen LogP contribution >= 0.6 is 0 Å². The second kappa shape index (κ2) is 6.81. The van der Waals surface area contributed by atoms with E-state index in [4.69, 9.17) is 9.47 Å². The molecule has 2 aromatic rings. The minimum atomic E-state index is 0.778. The van der Waals surface area contributed by atoms with Gasteiger partial charge in [0.15, 0.2) is 0 Å². The van der Waals surface area contributed by atoms with Crippen LogP contribution in [0, 0.1) is 0 Å². The fraction of sp³-hybridized carbons (Fsp3) is 0.250. The van der Waals surface area contributed by atoms with Gasteiger partial charge >= 0.3 is 0 Å². The quantitative estimate of drug-likeness (QED) is 0.857. The summed E-state index contributed by atoms with van der Waals surface area (Å²) in [6, 6.07) is 15.7. The molecule has 100 valence electrons. The molecule has 0 fully saturated rings. The molecule has 0 amide bonds. The van der Waals surface area contributed by atoms with Gasteiger partial charge in [-0.05, 0) is 36.4 Å². The fourth-order valence-electron chi connectivity index (χ4n) is 1.79. The lowest BCUT2D eigenvalue weighted by Crippen LogP contribution is -2.11. The van der Waals surface area contributed by atoms with Gasteiger partial charge in [0.05, 0.1) is 7.11 Å². The largest absolute Gasteiger partial charge is 0.497 e. The Morgan fingerprint density at radius 2 is 1.63 bits per heavy atom. The number of ether oxygens (including phenoxy) is 2. The number of methoxy groups -OCH3 is 1. The Morgan fingerprint density at radius 1 is 0.947 bits per heavy atom. The molecule has 0 heterocycles. The molecule has 0 aromatic heterocycles. The summed E-state index contributed by atoms with van der Waals surface area (Å²) in [6.07, 6.45) is 0. The zero-order valence-corrected chi connectivity index (χ0v) is 11.3. The first-order chi connectivity index (χ1) is 9.31. The predicted octanol–water partition coefficient (Wildman–Crippen LogP) is 3.60. The van der Waals surface area contributed by atoms with Gasteiger partial charge in [-0.3, -0.25) is 0 Å². The van der Waals surface area contributed by atoms with E-state index < -0.39 is 0 Å². The zero-order valence-electron chi connectivity index (χ0n) is 11.3. The van der Waals surface area contributed by atoms with Crippen molar-refractivity contribution in [1.82, 2.24) is 5.32 Å². The number of nitrogens with one attached hydrogen (secondary N) is 1. The number of hydrogen-bond donors (Lipinski definition) is 1. The molecule has 0 unspecified atom stereocenters. The minimum Gasteiger partial charge on any atom is -0.497 e. The van der Waals surface area contributed by atoms with E-state index >= 15 is 0 Å². The SMILES string of the molecule is CCNCc1cccc(Oc2cccc(OC)c2)c1. The first-order valence-corrected chi connectivity index (χ1v) is 6.43. The smallest absolute Gasteiger partial charge is 0.131 e. The fourth-order valence-corrected chi connectivity index (χ4v) is 1.79. The minimum absolute atomic E-state index is 0.778. The maximum absolute atomic E-state index is 5.83. The number of hydrogen-bond acceptors (Lipinski definition) is 3. The Balaban J connectivity index is 2.09. The molecule has 2 aromatic carbocycles. The van der Waals surface area contributed by atoms with Crippen molar-refractivity contribution in [3.63, 3.8) is 0 Å². The molecule has 1 N–H and O–H groups in total. The summed E-state index contributed by atoms with van der Waals surface area (Å²) in [7, 11) is 1.65. The van der Waals surface area contributed by atoms with Gasteiger partial charge in [0.25, 0.3) is 0 Å². The summed E-state index contributed by atoms with van der Waals surface area (Å²) in [4.78, 5) is 0. The molecular weight excluding hydrogens is 238 g/mol. The average molecular weight is 257 g/mol. The summed E-state index contributed by atoms with van der Waals surface area (Å²) in [6.45, 7) is 3.91. The zero-order chi connectivity index (χ0) is 13.5. The van der Waals surface area contributed by atoms with E-state index in [9.17, 15) is 0 Å². The molecule has 0 aliphatic heterocycles. The van der Waals surface area contributed by atoms with Crippen molar-refractivity contribution in [3.05, 3.63) is 54.1 Å². The third-order valence-electron chi connectivity index (χ3n) is 2.75. The van der Waals surface area contributed by atoms with Crippen LogP contribution < -0.4 is 14.8 Å². The van der Waals surface area contributed by atoms with Crippen LogP contribution in [0.25, 0.3) is 0 Å². The van der Waals surface area contributed by atoms with Crippen molar-refractivity contribution in [1.29, 1.82) is 0 Å². The van der Waals surface area contributed by atoms with Crippen LogP contribution in [0.1, 0.15) is 12.5 Å². The topological polar surface area (TPSA) is 30.5 Å². The molecule has 3 nitrogen and oxygen atoms in total. The summed E-state index contributed by atoms with van der Waals surface area (Å²) in [5, 5.41) is 3.30. The molecule has 0 aliphatic rings. The summed E-state index contributed by atoms with van der Waals surface area (Å²) in [5.74, 6) is 2.41. The molecule has 2 rings (SSSR count). The van der Waals surface area contributed by atoms with E-state index in [1.807, 2.05) is 42.5 Å². The van der Waals surface area contributed by atoms with Gasteiger partial charge in [0.2, 0.25) is 0 Å². The van der Waals surface area contributed by atoms with Crippen molar-refractivity contribution >= 4 is 0 Å². The van der Waals surface area contributed by atoms with Gasteiger partial charge in [-0.2, -0.15) is 0 Å². The lowest BCUT2D eigenvalue weighted by molar-refractivity contribution is 0.409. The Morgan fingerprint density at radius 3 is 2.37 bits per heavy atom. The monoisotopic (exact) mass is 257 g/mol. The second-order valence-electron chi connectivity index (χ2n) is 4.21. The average Bonchev–Trinajstić information content (AvgIpc) is 2.46. The Bertz CT molecular complexity index is 526. The van der Waals surface area contributed by atoms with Crippen molar-refractivity contribution in [2.75, 3.05) is 13.7 Å². The second-order valence-corrected chi connectivity index (χ2v) is 4.21. The van der Waals surface area contributed by atoms with E-state index in [0.29, 0.717) is 0 Å². The van der Waals surface area contributed by atoms with E-state index in [1.165, 1.54) is 5.56 Å². The standard InChI is InChI=1S/C16H19NO2/c1-3-17-12-13-6-4-8-15(10-13)19-16-9-5-7-14(11-16)18-2/h4-11,17H,3,12H2,1-2H3. The van der Waals surface area contributed by atoms with E-state index in [1.54, 1.807) is 7.11 Å². The molecule has 0 radical (unpaired) electrons. The van der Waals surface area contributed by atoms with Crippen LogP contribution in [-0.4, -0.2) is 13.7 Å². The molecule has 0 atom stereocenters. The molecule has 0 saturated heterocycles. The highest BCUT2D eigenvalue weighted by Crippen LogP contribution is 2.25. The van der Waals surface area contributed by atoms with E-state index in [-0.39, 0.29) is 0 Å². The van der Waals surface area contributed by atoms with Crippen LogP contribution in [0.2, 0.25) is 0 Å². The van der Waals surface area contributed by atoms with Crippen LogP contribution in [0.3, 0.4) is 0 Å². The van der Waals surface area contributed by atoms with Gasteiger partial charge in [0, 0.05) is 12.6 Å². The molecular formula is C16H19NO2. The van der Waals surface area contributed by atoms with Crippen LogP contribution in [0.15, 0.2) is 48.5 Å². The Kier molecular flexibility index (Phi) is 4.81. The lowest BCUT2D eigenvalue weighted by atomic mass is 10.2. The van der Waals surface area contributed by atoms with Crippen molar-refractivity contribution in [2.24, 2.45) is 0 Å². The van der Waals surface area contributed by atoms with Gasteiger partial charge in [-0.1, -0.05) is 25.1 Å². The third kappa shape index (κ3) is 4.00. The van der Waals surface area contributed by atoms with Gasteiger partial charge in [-0.25, -0.2) is 0 Å². The van der Waals surface area contributed by atoms with Gasteiger partial charge in [-0.15, -0.1) is 0 Å². The van der Waals surface area contributed by atoms with Gasteiger partial charge in [0.1, 0.15) is 17.2 Å². The first-order valence-electron chi connectivity index (χ1n) is 6.43. The highest BCUT2D eigenvalue weighted by atomic mass is 16.5. The lowest BCUT2D eigenvalue weighted by Gasteiger charge is -2.09. The maximum Gasteiger partial charge on any atom is 0.131 e. The van der Waals surface area contributed by atoms with Crippen molar-refractivity contribution in [3.8, 4) is 17.2 Å². The van der Waals surface area contributed by atoms with E-state index in [0.717, 1.165) is 30.3 Å². The highest BCUT2D eigenvalue weighted by Gasteiger charge is 2.00. The van der Waals surface area contributed by atoms with Gasteiger partial charge < -0.3 is 14.8 Å². The Hall–Kier alpha value is -2.00. The van der Waals surface area contributed by atoms with Crippen LogP contribution in [0.5, 0.6) is 17.2 Å². The van der Waals surface area contributed by atoms with Crippen molar-refractivity contribution < 1.29 is 9.47 Å². The molecule has 0 saturated carbocycles. The summed E-state index contributed by atoms with van der Waals surface area (Å²) < 4.78 is 11.0. The van der Waals surface area contributed by atoms with Crippen molar-refractivity contribution in [2.45, 2.75) is 13.5 Å². The molecule has 19 heavy (non-hydrogen) atoms. The van der Waals surface area contributed by atoms with Crippen LogP contribution in [0.4, 0.5) is 0 Å². The number of benzene rings is 2. The van der Waals surface area contributed by atoms with Crippen LogP contribution in [-0.2, 0) is 6.54 Å². The number of rotatable bonds is 6. The molecule has 0 spiro atoms. The first kappa shape index (κ1) is 13.4. The normalized spacial score (nSPS) is 10.2. The summed E-state index contributed by atoms with van der Waals surface area (Å²) >= 11 is 0. The molecule has 0 aliphatic carbocycles. The summed E-state index contributed by atoms with van der Waals surface area (Å²) in [5.41, 5.74) is 1.21. The Labute approximate surface area is 114 Å². The maximum atomic E-state index is 5.83. The predicted molar refractivity (Wildman–Crippen MR) is 76.9 cm³/mol. The third-order valence-corrected chi connectivity index (χ3v) is 2.75.